The van der Waals surface area contributed by atoms with Gasteiger partial charge < -0.3 is 11.1 Å². The van der Waals surface area contributed by atoms with Gasteiger partial charge in [0.15, 0.2) is 0 Å². The molecule has 0 heterocycles. The number of carbonyl (C=O) groups is 1. The van der Waals surface area contributed by atoms with Gasteiger partial charge >= 0.3 is 0 Å². The van der Waals surface area contributed by atoms with Crippen molar-refractivity contribution in [2.45, 2.75) is 39.2 Å². The molecule has 0 aromatic heterocycles. The number of aryl methyl sites for hydroxylation is 1. The minimum Gasteiger partial charge on any atom is -0.328 e. The summed E-state index contributed by atoms with van der Waals surface area (Å²) in [4.78, 5) is 11.8. The molecule has 0 bridgehead atoms. The summed E-state index contributed by atoms with van der Waals surface area (Å²) < 4.78 is 1.77. The van der Waals surface area contributed by atoms with Gasteiger partial charge in [-0.3, -0.25) is 4.79 Å². The summed E-state index contributed by atoms with van der Waals surface area (Å²) in [5, 5.41) is 2.91. The van der Waals surface area contributed by atoms with Gasteiger partial charge in [-0.1, -0.05) is 0 Å². The highest BCUT2D eigenvalue weighted by atomic mass is 79.9. The maximum absolute atomic E-state index is 11.8. The zero-order valence-electron chi connectivity index (χ0n) is 10.6. The van der Waals surface area contributed by atoms with Crippen LogP contribution in [0, 0.1) is 6.92 Å². The number of anilines is 1. The molecule has 0 aliphatic carbocycles. The monoisotopic (exact) mass is 376 g/mol. The van der Waals surface area contributed by atoms with Crippen LogP contribution in [0.5, 0.6) is 0 Å². The Kier molecular flexibility index (Phi) is 6.32. The summed E-state index contributed by atoms with van der Waals surface area (Å²) in [5.74, 6) is 0.0147. The molecule has 0 spiro atoms. The van der Waals surface area contributed by atoms with E-state index in [4.69, 9.17) is 5.73 Å². The predicted octanol–water partition coefficient (Wildman–Crippen LogP) is 3.98. The van der Waals surface area contributed by atoms with Gasteiger partial charge in [-0.25, -0.2) is 0 Å². The van der Waals surface area contributed by atoms with E-state index in [0.717, 1.165) is 33.0 Å². The SMILES string of the molecule is Cc1cc(Br)c(NC(=O)CCCC(C)N)c(Br)c1. The third-order valence-electron chi connectivity index (χ3n) is 2.51. The quantitative estimate of drug-likeness (QED) is 0.815. The third-order valence-corrected chi connectivity index (χ3v) is 3.77. The smallest absolute Gasteiger partial charge is 0.224 e. The Morgan fingerprint density at radius 1 is 1.39 bits per heavy atom. The number of hydrogen-bond acceptors (Lipinski definition) is 2. The Hall–Kier alpha value is -0.390. The number of halogens is 2. The van der Waals surface area contributed by atoms with E-state index >= 15 is 0 Å². The Morgan fingerprint density at radius 2 is 1.94 bits per heavy atom. The van der Waals surface area contributed by atoms with Crippen molar-refractivity contribution in [1.29, 1.82) is 0 Å². The number of nitrogens with one attached hydrogen (secondary N) is 1. The first-order valence-corrected chi connectivity index (χ1v) is 7.50. The molecule has 1 aromatic rings. The van der Waals surface area contributed by atoms with E-state index in [1.807, 2.05) is 26.0 Å². The van der Waals surface area contributed by atoms with Gasteiger partial charge in [0.05, 0.1) is 5.69 Å². The number of rotatable bonds is 5. The molecule has 3 N–H and O–H groups in total. The van der Waals surface area contributed by atoms with Crippen LogP contribution in [0.2, 0.25) is 0 Å². The molecule has 1 amide bonds. The zero-order valence-corrected chi connectivity index (χ0v) is 13.8. The van der Waals surface area contributed by atoms with Crippen LogP contribution in [-0.2, 0) is 4.79 Å². The van der Waals surface area contributed by atoms with E-state index in [9.17, 15) is 4.79 Å². The lowest BCUT2D eigenvalue weighted by Gasteiger charge is -2.11. The van der Waals surface area contributed by atoms with E-state index < -0.39 is 0 Å². The third kappa shape index (κ3) is 5.08. The maximum atomic E-state index is 11.8. The molecule has 3 nitrogen and oxygen atoms in total. The van der Waals surface area contributed by atoms with Crippen LogP contribution < -0.4 is 11.1 Å². The van der Waals surface area contributed by atoms with Crippen LogP contribution in [0.3, 0.4) is 0 Å². The lowest BCUT2D eigenvalue weighted by molar-refractivity contribution is -0.116. The van der Waals surface area contributed by atoms with Gasteiger partial charge in [-0.05, 0) is 76.2 Å². The second-order valence-corrected chi connectivity index (χ2v) is 6.23. The van der Waals surface area contributed by atoms with E-state index in [1.165, 1.54) is 0 Å². The number of nitrogens with two attached hydrogens (primary N) is 1. The van der Waals surface area contributed by atoms with Crippen molar-refractivity contribution in [2.75, 3.05) is 5.32 Å². The minimum absolute atomic E-state index is 0.0147. The molecule has 0 fully saturated rings. The van der Waals surface area contributed by atoms with Gasteiger partial charge in [0.1, 0.15) is 0 Å². The lowest BCUT2D eigenvalue weighted by atomic mass is 10.1. The second kappa shape index (κ2) is 7.26. The van der Waals surface area contributed by atoms with E-state index in [2.05, 4.69) is 37.2 Å². The first-order valence-electron chi connectivity index (χ1n) is 5.91. The molecule has 1 atom stereocenters. The molecular weight excluding hydrogens is 360 g/mol. The molecule has 0 aliphatic heterocycles. The largest absolute Gasteiger partial charge is 0.328 e. The molecular formula is C13H18Br2N2O. The van der Waals surface area contributed by atoms with Crippen molar-refractivity contribution in [3.8, 4) is 0 Å². The molecule has 0 aliphatic rings. The number of carbonyl (C=O) groups excluding carboxylic acids is 1. The zero-order chi connectivity index (χ0) is 13.7. The van der Waals surface area contributed by atoms with Crippen molar-refractivity contribution in [3.05, 3.63) is 26.6 Å². The molecule has 1 aromatic carbocycles. The molecule has 1 unspecified atom stereocenters. The second-order valence-electron chi connectivity index (χ2n) is 4.52. The van der Waals surface area contributed by atoms with Crippen LogP contribution in [0.4, 0.5) is 5.69 Å². The molecule has 0 radical (unpaired) electrons. The fraction of sp³-hybridized carbons (Fsp3) is 0.462. The molecule has 0 saturated heterocycles. The molecule has 100 valence electrons. The summed E-state index contributed by atoms with van der Waals surface area (Å²) in [6.07, 6.45) is 2.17. The summed E-state index contributed by atoms with van der Waals surface area (Å²) >= 11 is 6.91. The molecule has 1 rings (SSSR count). The van der Waals surface area contributed by atoms with Crippen LogP contribution >= 0.6 is 31.9 Å². The van der Waals surface area contributed by atoms with E-state index in [-0.39, 0.29) is 11.9 Å². The lowest BCUT2D eigenvalue weighted by Crippen LogP contribution is -2.17. The highest BCUT2D eigenvalue weighted by Gasteiger charge is 2.10. The van der Waals surface area contributed by atoms with Crippen molar-refractivity contribution in [3.63, 3.8) is 0 Å². The maximum Gasteiger partial charge on any atom is 0.224 e. The van der Waals surface area contributed by atoms with Crippen LogP contribution in [0.25, 0.3) is 0 Å². The first kappa shape index (κ1) is 15.7. The number of amides is 1. The Balaban J connectivity index is 2.59. The highest BCUT2D eigenvalue weighted by molar-refractivity contribution is 9.11. The summed E-state index contributed by atoms with van der Waals surface area (Å²) in [6, 6.07) is 4.10. The number of hydrogen-bond donors (Lipinski definition) is 2. The average Bonchev–Trinajstić information content (AvgIpc) is 2.22. The van der Waals surface area contributed by atoms with Gasteiger partial charge in [-0.2, -0.15) is 0 Å². The summed E-state index contributed by atoms with van der Waals surface area (Å²) in [6.45, 7) is 3.95. The van der Waals surface area contributed by atoms with Crippen molar-refractivity contribution < 1.29 is 4.79 Å². The molecule has 5 heteroatoms. The Bertz CT molecular complexity index is 410. The van der Waals surface area contributed by atoms with Crippen molar-refractivity contribution in [2.24, 2.45) is 5.73 Å². The summed E-state index contributed by atoms with van der Waals surface area (Å²) in [5.41, 5.74) is 7.56. The minimum atomic E-state index is 0.0147. The Labute approximate surface area is 125 Å². The fourth-order valence-electron chi connectivity index (χ4n) is 1.61. The highest BCUT2D eigenvalue weighted by Crippen LogP contribution is 2.32. The van der Waals surface area contributed by atoms with Gasteiger partial charge in [-0.15, -0.1) is 0 Å². The van der Waals surface area contributed by atoms with E-state index in [0.29, 0.717) is 6.42 Å². The Morgan fingerprint density at radius 3 is 2.44 bits per heavy atom. The fourth-order valence-corrected chi connectivity index (χ4v) is 3.22. The van der Waals surface area contributed by atoms with Crippen LogP contribution in [0.15, 0.2) is 21.1 Å². The van der Waals surface area contributed by atoms with Crippen molar-refractivity contribution in [1.82, 2.24) is 0 Å². The van der Waals surface area contributed by atoms with Crippen LogP contribution in [0.1, 0.15) is 31.7 Å². The standard InChI is InChI=1S/C13H18Br2N2O/c1-8-6-10(14)13(11(15)7-8)17-12(18)5-3-4-9(2)16/h6-7,9H,3-5,16H2,1-2H3,(H,17,18). The van der Waals surface area contributed by atoms with Crippen LogP contribution in [-0.4, -0.2) is 11.9 Å². The topological polar surface area (TPSA) is 55.1 Å². The van der Waals surface area contributed by atoms with Gasteiger partial charge in [0, 0.05) is 21.4 Å². The average molecular weight is 378 g/mol. The van der Waals surface area contributed by atoms with E-state index in [1.54, 1.807) is 0 Å². The molecule has 0 saturated carbocycles. The predicted molar refractivity (Wildman–Crippen MR) is 82.7 cm³/mol. The van der Waals surface area contributed by atoms with Crippen molar-refractivity contribution >= 4 is 43.5 Å². The van der Waals surface area contributed by atoms with Gasteiger partial charge in [0.2, 0.25) is 5.91 Å². The number of benzene rings is 1. The normalized spacial score (nSPS) is 12.3. The molecule has 18 heavy (non-hydrogen) atoms. The summed E-state index contributed by atoms with van der Waals surface area (Å²) in [7, 11) is 0. The van der Waals surface area contributed by atoms with Gasteiger partial charge in [0.25, 0.3) is 0 Å². The first-order chi connectivity index (χ1) is 8.40.